The highest BCUT2D eigenvalue weighted by atomic mass is 16.4. The first-order chi connectivity index (χ1) is 7.99. The maximum atomic E-state index is 12.5. The molecule has 2 fully saturated rings. The lowest BCUT2D eigenvalue weighted by Crippen LogP contribution is -2.54. The number of carbonyl (C=O) groups excluding carboxylic acids is 1. The Morgan fingerprint density at radius 1 is 1.29 bits per heavy atom. The summed E-state index contributed by atoms with van der Waals surface area (Å²) in [7, 11) is 0. The number of rotatable bonds is 3. The molecule has 1 heterocycles. The highest BCUT2D eigenvalue weighted by Gasteiger charge is 2.54. The molecule has 0 aromatic rings. The molecule has 0 spiro atoms. The zero-order valence-electron chi connectivity index (χ0n) is 10.6. The summed E-state index contributed by atoms with van der Waals surface area (Å²) in [5, 5.41) is 9.29. The molecule has 1 aliphatic heterocycles. The molecule has 0 bridgehead atoms. The third kappa shape index (κ3) is 1.83. The Morgan fingerprint density at radius 2 is 1.94 bits per heavy atom. The Morgan fingerprint density at radius 3 is 2.35 bits per heavy atom. The average Bonchev–Trinajstić information content (AvgIpc) is 2.62. The minimum atomic E-state index is -1.09. The number of carbonyl (C=O) groups is 2. The van der Waals surface area contributed by atoms with Crippen LogP contribution in [0.3, 0.4) is 0 Å². The monoisotopic (exact) mass is 239 g/mol. The summed E-state index contributed by atoms with van der Waals surface area (Å²) < 4.78 is 0. The lowest BCUT2D eigenvalue weighted by Gasteiger charge is -2.41. The van der Waals surface area contributed by atoms with Gasteiger partial charge in [0.25, 0.3) is 0 Å². The van der Waals surface area contributed by atoms with Gasteiger partial charge in [0.1, 0.15) is 5.41 Å². The fourth-order valence-corrected chi connectivity index (χ4v) is 3.06. The van der Waals surface area contributed by atoms with Crippen molar-refractivity contribution in [2.75, 3.05) is 6.54 Å². The average molecular weight is 239 g/mol. The number of nitrogens with zero attached hydrogens (tertiary/aromatic N) is 1. The molecule has 1 atom stereocenters. The van der Waals surface area contributed by atoms with Gasteiger partial charge in [-0.3, -0.25) is 9.59 Å². The van der Waals surface area contributed by atoms with Crippen molar-refractivity contribution in [1.82, 2.24) is 4.90 Å². The van der Waals surface area contributed by atoms with Gasteiger partial charge in [-0.15, -0.1) is 0 Å². The van der Waals surface area contributed by atoms with E-state index >= 15 is 0 Å². The van der Waals surface area contributed by atoms with Gasteiger partial charge in [0.2, 0.25) is 5.91 Å². The number of aliphatic carboxylic acids is 1. The first-order valence-corrected chi connectivity index (χ1v) is 6.53. The maximum absolute atomic E-state index is 12.5. The fraction of sp³-hybridized carbons (Fsp3) is 0.846. The molecule has 0 aromatic carbocycles. The van der Waals surface area contributed by atoms with E-state index in [4.69, 9.17) is 0 Å². The van der Waals surface area contributed by atoms with Gasteiger partial charge in [0.05, 0.1) is 0 Å². The summed E-state index contributed by atoms with van der Waals surface area (Å²) in [6.07, 6.45) is 3.91. The van der Waals surface area contributed by atoms with Crippen molar-refractivity contribution in [2.24, 2.45) is 11.3 Å². The van der Waals surface area contributed by atoms with Crippen LogP contribution in [0.4, 0.5) is 0 Å². The second kappa shape index (κ2) is 4.31. The fourth-order valence-electron chi connectivity index (χ4n) is 3.06. The van der Waals surface area contributed by atoms with Gasteiger partial charge in [-0.05, 0) is 31.6 Å². The second-order valence-electron chi connectivity index (χ2n) is 5.69. The lowest BCUT2D eigenvalue weighted by atomic mass is 9.67. The third-order valence-electron chi connectivity index (χ3n) is 4.36. The van der Waals surface area contributed by atoms with Crippen LogP contribution in [0.15, 0.2) is 0 Å². The largest absolute Gasteiger partial charge is 0.480 e. The molecule has 4 nitrogen and oxygen atoms in total. The Labute approximate surface area is 102 Å². The van der Waals surface area contributed by atoms with E-state index in [2.05, 4.69) is 13.8 Å². The molecule has 2 aliphatic rings. The normalized spacial score (nSPS) is 27.0. The topological polar surface area (TPSA) is 57.6 Å². The molecule has 96 valence electrons. The van der Waals surface area contributed by atoms with Crippen LogP contribution in [0.25, 0.3) is 0 Å². The van der Waals surface area contributed by atoms with Gasteiger partial charge in [-0.25, -0.2) is 0 Å². The predicted molar refractivity (Wildman–Crippen MR) is 63.5 cm³/mol. The van der Waals surface area contributed by atoms with Gasteiger partial charge in [-0.2, -0.15) is 0 Å². The zero-order chi connectivity index (χ0) is 12.6. The molecule has 0 aromatic heterocycles. The number of likely N-dealkylation sites (tertiary alicyclic amines) is 1. The van der Waals surface area contributed by atoms with E-state index in [1.165, 1.54) is 0 Å². The minimum absolute atomic E-state index is 0.132. The van der Waals surface area contributed by atoms with E-state index in [-0.39, 0.29) is 11.9 Å². The summed E-state index contributed by atoms with van der Waals surface area (Å²) in [6.45, 7) is 4.94. The lowest BCUT2D eigenvalue weighted by molar-refractivity contribution is -0.168. The quantitative estimate of drug-likeness (QED) is 0.765. The number of carboxylic acids is 1. The smallest absolute Gasteiger partial charge is 0.319 e. The van der Waals surface area contributed by atoms with Crippen molar-refractivity contribution in [2.45, 2.75) is 52.0 Å². The molecule has 17 heavy (non-hydrogen) atoms. The molecule has 4 heteroatoms. The number of hydrogen-bond acceptors (Lipinski definition) is 2. The van der Waals surface area contributed by atoms with E-state index in [9.17, 15) is 14.7 Å². The van der Waals surface area contributed by atoms with E-state index in [1.54, 1.807) is 0 Å². The SMILES string of the molecule is CC(C)C1CCCN1C(=O)C1(C(=O)O)CCC1. The summed E-state index contributed by atoms with van der Waals surface area (Å²) in [4.78, 5) is 25.6. The molecule has 1 amide bonds. The number of amides is 1. The molecular weight excluding hydrogens is 218 g/mol. The first-order valence-electron chi connectivity index (χ1n) is 6.53. The van der Waals surface area contributed by atoms with Crippen LogP contribution < -0.4 is 0 Å². The highest BCUT2D eigenvalue weighted by Crippen LogP contribution is 2.44. The van der Waals surface area contributed by atoms with Gasteiger partial charge >= 0.3 is 5.97 Å². The van der Waals surface area contributed by atoms with Crippen molar-refractivity contribution in [1.29, 1.82) is 0 Å². The van der Waals surface area contributed by atoms with Crippen molar-refractivity contribution < 1.29 is 14.7 Å². The van der Waals surface area contributed by atoms with Crippen LogP contribution in [0.5, 0.6) is 0 Å². The molecule has 1 N–H and O–H groups in total. The zero-order valence-corrected chi connectivity index (χ0v) is 10.6. The standard InChI is InChI=1S/C13H21NO3/c1-9(2)10-5-3-8-14(10)11(15)13(12(16)17)6-4-7-13/h9-10H,3-8H2,1-2H3,(H,16,17). The molecule has 2 rings (SSSR count). The molecule has 1 unspecified atom stereocenters. The molecular formula is C13H21NO3. The molecule has 1 saturated heterocycles. The number of hydrogen-bond donors (Lipinski definition) is 1. The minimum Gasteiger partial charge on any atom is -0.480 e. The van der Waals surface area contributed by atoms with E-state index < -0.39 is 11.4 Å². The Bertz CT molecular complexity index is 334. The number of carboxylic acid groups (broad SMARTS) is 1. The van der Waals surface area contributed by atoms with Gasteiger partial charge in [0.15, 0.2) is 0 Å². The first kappa shape index (κ1) is 12.4. The van der Waals surface area contributed by atoms with E-state index in [0.717, 1.165) is 25.8 Å². The van der Waals surface area contributed by atoms with Crippen molar-refractivity contribution in [3.63, 3.8) is 0 Å². The summed E-state index contributed by atoms with van der Waals surface area (Å²) >= 11 is 0. The van der Waals surface area contributed by atoms with E-state index in [0.29, 0.717) is 18.8 Å². The second-order valence-corrected chi connectivity index (χ2v) is 5.69. The molecule has 1 aliphatic carbocycles. The van der Waals surface area contributed by atoms with Crippen molar-refractivity contribution >= 4 is 11.9 Å². The third-order valence-corrected chi connectivity index (χ3v) is 4.36. The van der Waals surface area contributed by atoms with Crippen molar-refractivity contribution in [3.05, 3.63) is 0 Å². The van der Waals surface area contributed by atoms with Crippen LogP contribution in [-0.2, 0) is 9.59 Å². The maximum Gasteiger partial charge on any atom is 0.319 e. The van der Waals surface area contributed by atoms with Crippen LogP contribution in [-0.4, -0.2) is 34.5 Å². The van der Waals surface area contributed by atoms with Crippen molar-refractivity contribution in [3.8, 4) is 0 Å². The van der Waals surface area contributed by atoms with Crippen LogP contribution in [0, 0.1) is 11.3 Å². The summed E-state index contributed by atoms with van der Waals surface area (Å²) in [5.74, 6) is -0.650. The van der Waals surface area contributed by atoms with Gasteiger partial charge < -0.3 is 10.0 Å². The summed E-state index contributed by atoms with van der Waals surface area (Å²) in [5.41, 5.74) is -1.09. The summed E-state index contributed by atoms with van der Waals surface area (Å²) in [6, 6.07) is 0.235. The Kier molecular flexibility index (Phi) is 3.15. The highest BCUT2D eigenvalue weighted by molar-refractivity contribution is 6.03. The molecule has 1 saturated carbocycles. The molecule has 0 radical (unpaired) electrons. The van der Waals surface area contributed by atoms with Gasteiger partial charge in [-0.1, -0.05) is 20.3 Å². The van der Waals surface area contributed by atoms with Crippen LogP contribution in [0.2, 0.25) is 0 Å². The van der Waals surface area contributed by atoms with Gasteiger partial charge in [0, 0.05) is 12.6 Å². The Hall–Kier alpha value is -1.06. The van der Waals surface area contributed by atoms with E-state index in [1.807, 2.05) is 4.90 Å². The predicted octanol–water partition coefficient (Wildman–Crippen LogP) is 1.89. The Balaban J connectivity index is 2.16. The van der Waals surface area contributed by atoms with Crippen LogP contribution >= 0.6 is 0 Å². The van der Waals surface area contributed by atoms with Crippen LogP contribution in [0.1, 0.15) is 46.0 Å².